The summed E-state index contributed by atoms with van der Waals surface area (Å²) in [5.74, 6) is 0.808. The van der Waals surface area contributed by atoms with Crippen LogP contribution in [0.15, 0.2) is 35.3 Å². The van der Waals surface area contributed by atoms with Crippen LogP contribution < -0.4 is 10.2 Å². The molecule has 0 aromatic heterocycles. The van der Waals surface area contributed by atoms with Crippen LogP contribution in [0.5, 0.6) is 0 Å². The van der Waals surface area contributed by atoms with E-state index in [0.29, 0.717) is 13.0 Å². The zero-order chi connectivity index (χ0) is 18.1. The van der Waals surface area contributed by atoms with Crippen molar-refractivity contribution < 1.29 is 13.2 Å². The quantitative estimate of drug-likeness (QED) is 0.285. The van der Waals surface area contributed by atoms with Crippen molar-refractivity contribution in [3.63, 3.8) is 0 Å². The first kappa shape index (κ1) is 22.9. The fourth-order valence-electron chi connectivity index (χ4n) is 2.86. The van der Waals surface area contributed by atoms with Gasteiger partial charge in [0.1, 0.15) is 0 Å². The van der Waals surface area contributed by atoms with E-state index in [1.807, 2.05) is 25.1 Å². The van der Waals surface area contributed by atoms with Crippen molar-refractivity contribution in [2.45, 2.75) is 32.4 Å². The Hall–Kier alpha value is -1.19. The number of hydrogen-bond acceptors (Lipinski definition) is 2. The highest BCUT2D eigenvalue weighted by atomic mass is 127. The van der Waals surface area contributed by atoms with E-state index >= 15 is 0 Å². The zero-order valence-corrected chi connectivity index (χ0v) is 17.5. The molecule has 0 spiro atoms. The molecular weight excluding hydrogens is 456 g/mol. The monoisotopic (exact) mass is 484 g/mol. The Labute approximate surface area is 170 Å². The van der Waals surface area contributed by atoms with Crippen LogP contribution in [0.3, 0.4) is 0 Å². The van der Waals surface area contributed by atoms with E-state index in [1.165, 1.54) is 5.69 Å². The predicted molar refractivity (Wildman–Crippen MR) is 112 cm³/mol. The average molecular weight is 484 g/mol. The Bertz CT molecular complexity index is 529. The van der Waals surface area contributed by atoms with Crippen LogP contribution in [0.25, 0.3) is 0 Å². The third kappa shape index (κ3) is 8.01. The van der Waals surface area contributed by atoms with Crippen molar-refractivity contribution in [3.05, 3.63) is 30.3 Å². The smallest absolute Gasteiger partial charge is 0.368 e. The maximum Gasteiger partial charge on any atom is 0.389 e. The van der Waals surface area contributed by atoms with Crippen LogP contribution in [-0.4, -0.2) is 56.3 Å². The molecule has 1 aromatic rings. The molecule has 0 atom stereocenters. The number of anilines is 1. The summed E-state index contributed by atoms with van der Waals surface area (Å²) < 4.78 is 36.5. The third-order valence-corrected chi connectivity index (χ3v) is 4.17. The van der Waals surface area contributed by atoms with Gasteiger partial charge in [-0.05, 0) is 31.9 Å². The van der Waals surface area contributed by atoms with Crippen molar-refractivity contribution in [1.29, 1.82) is 0 Å². The molecule has 1 aliphatic heterocycles. The molecule has 0 aliphatic carbocycles. The van der Waals surface area contributed by atoms with Crippen LogP contribution in [0.2, 0.25) is 0 Å². The van der Waals surface area contributed by atoms with Crippen LogP contribution in [0.4, 0.5) is 18.9 Å². The van der Waals surface area contributed by atoms with Crippen molar-refractivity contribution in [2.24, 2.45) is 4.99 Å². The molecule has 1 aliphatic rings. The highest BCUT2D eigenvalue weighted by Crippen LogP contribution is 2.22. The summed E-state index contributed by atoms with van der Waals surface area (Å²) in [7, 11) is 0. The van der Waals surface area contributed by atoms with Gasteiger partial charge in [-0.15, -0.1) is 24.0 Å². The molecule has 0 bridgehead atoms. The summed E-state index contributed by atoms with van der Waals surface area (Å²) in [6.07, 6.45) is -4.20. The van der Waals surface area contributed by atoms with Gasteiger partial charge in [0.15, 0.2) is 5.96 Å². The number of unbranched alkanes of at least 4 members (excludes halogenated alkanes) is 1. The lowest BCUT2D eigenvalue weighted by molar-refractivity contribution is -0.135. The van der Waals surface area contributed by atoms with Crippen molar-refractivity contribution in [2.75, 3.05) is 44.2 Å². The molecule has 1 fully saturated rings. The summed E-state index contributed by atoms with van der Waals surface area (Å²) in [6.45, 7) is 6.69. The summed E-state index contributed by atoms with van der Waals surface area (Å²) in [5, 5.41) is 3.25. The lowest BCUT2D eigenvalue weighted by atomic mass is 10.2. The SMILES string of the molecule is CCNC(=NCCCCC(F)(F)F)N1CCN(c2ccccc2)CC1.I. The Morgan fingerprint density at radius 3 is 2.31 bits per heavy atom. The molecule has 1 heterocycles. The van der Waals surface area contributed by atoms with E-state index in [9.17, 15) is 13.2 Å². The van der Waals surface area contributed by atoms with Gasteiger partial charge >= 0.3 is 6.18 Å². The zero-order valence-electron chi connectivity index (χ0n) is 15.1. The molecule has 2 rings (SSSR count). The molecule has 148 valence electrons. The van der Waals surface area contributed by atoms with Crippen LogP contribution in [0, 0.1) is 0 Å². The first-order valence-corrected chi connectivity index (χ1v) is 8.89. The third-order valence-electron chi connectivity index (χ3n) is 4.17. The standard InChI is InChI=1S/C18H27F3N4.HI/c1-2-22-17(23-11-7-6-10-18(19,20)21)25-14-12-24(13-15-25)16-8-4-3-5-9-16;/h3-5,8-9H,2,6-7,10-15H2,1H3,(H,22,23);1H. The number of nitrogens with one attached hydrogen (secondary N) is 1. The normalized spacial score (nSPS) is 15.6. The molecule has 1 N–H and O–H groups in total. The number of piperazine rings is 1. The van der Waals surface area contributed by atoms with E-state index in [2.05, 4.69) is 32.2 Å². The molecule has 0 radical (unpaired) electrons. The Morgan fingerprint density at radius 2 is 1.73 bits per heavy atom. The minimum atomic E-state index is -4.07. The van der Waals surface area contributed by atoms with Gasteiger partial charge in [0.2, 0.25) is 0 Å². The fraction of sp³-hybridized carbons (Fsp3) is 0.611. The van der Waals surface area contributed by atoms with Crippen LogP contribution >= 0.6 is 24.0 Å². The van der Waals surface area contributed by atoms with Gasteiger partial charge in [0, 0.05) is 51.4 Å². The predicted octanol–water partition coefficient (Wildman–Crippen LogP) is 4.12. The maximum atomic E-state index is 12.2. The Morgan fingerprint density at radius 1 is 1.08 bits per heavy atom. The van der Waals surface area contributed by atoms with Gasteiger partial charge in [-0.2, -0.15) is 13.2 Å². The second-order valence-corrected chi connectivity index (χ2v) is 6.12. The number of guanidine groups is 1. The van der Waals surface area contributed by atoms with Crippen LogP contribution in [0.1, 0.15) is 26.2 Å². The second-order valence-electron chi connectivity index (χ2n) is 6.12. The van der Waals surface area contributed by atoms with Gasteiger partial charge in [-0.3, -0.25) is 4.99 Å². The summed E-state index contributed by atoms with van der Waals surface area (Å²) in [6, 6.07) is 10.3. The molecule has 0 saturated carbocycles. The molecule has 0 amide bonds. The molecular formula is C18H28F3IN4. The highest BCUT2D eigenvalue weighted by molar-refractivity contribution is 14.0. The van der Waals surface area contributed by atoms with E-state index in [-0.39, 0.29) is 30.4 Å². The largest absolute Gasteiger partial charge is 0.389 e. The average Bonchev–Trinajstić information content (AvgIpc) is 2.60. The molecule has 8 heteroatoms. The summed E-state index contributed by atoms with van der Waals surface area (Å²) >= 11 is 0. The van der Waals surface area contributed by atoms with Crippen molar-refractivity contribution in [1.82, 2.24) is 10.2 Å². The number of rotatable bonds is 6. The van der Waals surface area contributed by atoms with Gasteiger partial charge in [0.05, 0.1) is 0 Å². The topological polar surface area (TPSA) is 30.9 Å². The van der Waals surface area contributed by atoms with Gasteiger partial charge in [0.25, 0.3) is 0 Å². The van der Waals surface area contributed by atoms with Gasteiger partial charge < -0.3 is 15.1 Å². The first-order chi connectivity index (χ1) is 12.0. The lowest BCUT2D eigenvalue weighted by Crippen LogP contribution is -2.52. The number of benzene rings is 1. The minimum absolute atomic E-state index is 0. The number of nitrogens with zero attached hydrogens (tertiary/aromatic N) is 3. The van der Waals surface area contributed by atoms with Gasteiger partial charge in [-0.1, -0.05) is 18.2 Å². The number of hydrogen-bond donors (Lipinski definition) is 1. The molecule has 4 nitrogen and oxygen atoms in total. The van der Waals surface area contributed by atoms with Crippen molar-refractivity contribution in [3.8, 4) is 0 Å². The Balaban J connectivity index is 0.00000338. The molecule has 1 saturated heterocycles. The number of alkyl halides is 3. The Kier molecular flexibility index (Phi) is 10.1. The van der Waals surface area contributed by atoms with Crippen LogP contribution in [-0.2, 0) is 0 Å². The maximum absolute atomic E-state index is 12.2. The molecule has 26 heavy (non-hydrogen) atoms. The lowest BCUT2D eigenvalue weighted by Gasteiger charge is -2.37. The first-order valence-electron chi connectivity index (χ1n) is 8.89. The van der Waals surface area contributed by atoms with E-state index in [0.717, 1.165) is 38.7 Å². The minimum Gasteiger partial charge on any atom is -0.368 e. The van der Waals surface area contributed by atoms with Gasteiger partial charge in [-0.25, -0.2) is 0 Å². The number of halogens is 4. The number of aliphatic imine (C=N–C) groups is 1. The summed E-state index contributed by atoms with van der Waals surface area (Å²) in [5.41, 5.74) is 1.22. The van der Waals surface area contributed by atoms with E-state index in [4.69, 9.17) is 0 Å². The number of para-hydroxylation sites is 1. The van der Waals surface area contributed by atoms with E-state index < -0.39 is 12.6 Å². The fourth-order valence-corrected chi connectivity index (χ4v) is 2.86. The summed E-state index contributed by atoms with van der Waals surface area (Å²) in [4.78, 5) is 9.02. The second kappa shape index (κ2) is 11.5. The molecule has 1 aromatic carbocycles. The highest BCUT2D eigenvalue weighted by Gasteiger charge is 2.25. The van der Waals surface area contributed by atoms with Crippen molar-refractivity contribution >= 4 is 35.6 Å². The molecule has 0 unspecified atom stereocenters. The van der Waals surface area contributed by atoms with E-state index in [1.54, 1.807) is 0 Å².